The van der Waals surface area contributed by atoms with Crippen molar-refractivity contribution in [3.8, 4) is 0 Å². The van der Waals surface area contributed by atoms with Crippen molar-refractivity contribution in [1.82, 2.24) is 9.88 Å². The van der Waals surface area contributed by atoms with Crippen molar-refractivity contribution in [3.63, 3.8) is 0 Å². The maximum absolute atomic E-state index is 12.7. The highest BCUT2D eigenvalue weighted by molar-refractivity contribution is 7.10. The Bertz CT molecular complexity index is 838. The van der Waals surface area contributed by atoms with Crippen molar-refractivity contribution in [2.24, 2.45) is 0 Å². The number of amides is 1. The van der Waals surface area contributed by atoms with Crippen LogP contribution in [0.1, 0.15) is 16.1 Å². The van der Waals surface area contributed by atoms with Crippen LogP contribution in [0.15, 0.2) is 41.8 Å². The molecule has 3 heterocycles. The summed E-state index contributed by atoms with van der Waals surface area (Å²) >= 11 is 1.60. The zero-order valence-corrected chi connectivity index (χ0v) is 13.5. The lowest BCUT2D eigenvalue weighted by molar-refractivity contribution is -0.135. The van der Waals surface area contributed by atoms with Crippen LogP contribution in [0.5, 0.6) is 0 Å². The molecule has 0 fully saturated rings. The number of nitrogens with one attached hydrogen (secondary N) is 1. The molecule has 1 atom stereocenters. The maximum Gasteiger partial charge on any atom is 0.228 e. The van der Waals surface area contributed by atoms with Crippen LogP contribution >= 0.6 is 11.3 Å². The third-order valence-corrected chi connectivity index (χ3v) is 5.42. The Labute approximate surface area is 138 Å². The van der Waals surface area contributed by atoms with Crippen molar-refractivity contribution in [3.05, 3.63) is 57.9 Å². The first kappa shape index (κ1) is 14.5. The standard InChI is InChI=1S/C18H18N2O2S/c21-11-12-8-15-14-5-1-2-6-16(14)19-17(15)10-20(12)18(22)9-13-4-3-7-23-13/h1-7,12,19,21H,8-11H2. The number of thiophene rings is 1. The van der Waals surface area contributed by atoms with E-state index in [1.165, 1.54) is 10.9 Å². The fraction of sp³-hybridized carbons (Fsp3) is 0.278. The van der Waals surface area contributed by atoms with Gasteiger partial charge in [-0.1, -0.05) is 24.3 Å². The molecular weight excluding hydrogens is 308 g/mol. The number of aromatic nitrogens is 1. The van der Waals surface area contributed by atoms with E-state index >= 15 is 0 Å². The highest BCUT2D eigenvalue weighted by atomic mass is 32.1. The molecule has 0 spiro atoms. The minimum absolute atomic E-state index is 0.00483. The molecule has 5 heteroatoms. The predicted octanol–water partition coefficient (Wildman–Crippen LogP) is 2.72. The van der Waals surface area contributed by atoms with E-state index in [2.05, 4.69) is 17.1 Å². The van der Waals surface area contributed by atoms with E-state index < -0.39 is 0 Å². The molecule has 3 aromatic rings. The molecule has 0 radical (unpaired) electrons. The highest BCUT2D eigenvalue weighted by Gasteiger charge is 2.31. The first-order valence-corrected chi connectivity index (χ1v) is 8.65. The van der Waals surface area contributed by atoms with Crippen molar-refractivity contribution < 1.29 is 9.90 Å². The number of rotatable bonds is 3. The van der Waals surface area contributed by atoms with Crippen LogP contribution in [0.3, 0.4) is 0 Å². The number of aliphatic hydroxyl groups excluding tert-OH is 1. The molecular formula is C18H18N2O2S. The van der Waals surface area contributed by atoms with E-state index in [0.29, 0.717) is 19.4 Å². The van der Waals surface area contributed by atoms with Gasteiger partial charge in [0.25, 0.3) is 0 Å². The number of carbonyl (C=O) groups is 1. The Morgan fingerprint density at radius 3 is 2.96 bits per heavy atom. The molecule has 0 saturated carbocycles. The van der Waals surface area contributed by atoms with Gasteiger partial charge in [0.15, 0.2) is 0 Å². The molecule has 1 aromatic carbocycles. The summed E-state index contributed by atoms with van der Waals surface area (Å²) in [5.74, 6) is 0.0795. The number of benzene rings is 1. The minimum Gasteiger partial charge on any atom is -0.394 e. The van der Waals surface area contributed by atoms with E-state index in [-0.39, 0.29) is 18.6 Å². The summed E-state index contributed by atoms with van der Waals surface area (Å²) in [6.07, 6.45) is 1.11. The molecule has 1 aliphatic heterocycles. The van der Waals surface area contributed by atoms with Gasteiger partial charge in [0.05, 0.1) is 25.6 Å². The van der Waals surface area contributed by atoms with Gasteiger partial charge in [-0.2, -0.15) is 0 Å². The second-order valence-corrected chi connectivity index (χ2v) is 6.98. The van der Waals surface area contributed by atoms with Crippen LogP contribution in [0, 0.1) is 0 Å². The summed E-state index contributed by atoms with van der Waals surface area (Å²) < 4.78 is 0. The number of nitrogens with zero attached hydrogens (tertiary/aromatic N) is 1. The van der Waals surface area contributed by atoms with Gasteiger partial charge < -0.3 is 15.0 Å². The normalized spacial score (nSPS) is 17.4. The van der Waals surface area contributed by atoms with Crippen molar-refractivity contribution in [2.45, 2.75) is 25.4 Å². The Morgan fingerprint density at radius 2 is 2.17 bits per heavy atom. The summed E-state index contributed by atoms with van der Waals surface area (Å²) in [5, 5.41) is 13.0. The second kappa shape index (κ2) is 5.83. The zero-order valence-electron chi connectivity index (χ0n) is 12.7. The number of carbonyl (C=O) groups excluding carboxylic acids is 1. The average molecular weight is 326 g/mol. The summed E-state index contributed by atoms with van der Waals surface area (Å²) in [7, 11) is 0. The van der Waals surface area contributed by atoms with Crippen LogP contribution in [0.2, 0.25) is 0 Å². The molecule has 118 valence electrons. The van der Waals surface area contributed by atoms with Gasteiger partial charge >= 0.3 is 0 Å². The molecule has 1 amide bonds. The van der Waals surface area contributed by atoms with Gasteiger partial charge in [-0.25, -0.2) is 0 Å². The van der Waals surface area contributed by atoms with Crippen LogP contribution in [0.25, 0.3) is 10.9 Å². The molecule has 0 bridgehead atoms. The summed E-state index contributed by atoms with van der Waals surface area (Å²) in [6.45, 7) is 0.536. The lowest BCUT2D eigenvalue weighted by atomic mass is 9.96. The number of aromatic amines is 1. The quantitative estimate of drug-likeness (QED) is 0.777. The molecule has 23 heavy (non-hydrogen) atoms. The maximum atomic E-state index is 12.7. The lowest BCUT2D eigenvalue weighted by Crippen LogP contribution is -2.46. The van der Waals surface area contributed by atoms with Crippen LogP contribution < -0.4 is 0 Å². The smallest absolute Gasteiger partial charge is 0.228 e. The molecule has 0 aliphatic carbocycles. The van der Waals surface area contributed by atoms with E-state index in [4.69, 9.17) is 0 Å². The molecule has 4 rings (SSSR count). The van der Waals surface area contributed by atoms with Gasteiger partial charge in [-0.15, -0.1) is 11.3 Å². The fourth-order valence-corrected chi connectivity index (χ4v) is 4.08. The largest absolute Gasteiger partial charge is 0.394 e. The van der Waals surface area contributed by atoms with Gasteiger partial charge in [-0.05, 0) is 29.5 Å². The lowest BCUT2D eigenvalue weighted by Gasteiger charge is -2.34. The number of fused-ring (bicyclic) bond motifs is 3. The van der Waals surface area contributed by atoms with Crippen molar-refractivity contribution >= 4 is 28.1 Å². The molecule has 2 N–H and O–H groups in total. The summed E-state index contributed by atoms with van der Waals surface area (Å²) in [5.41, 5.74) is 3.43. The SMILES string of the molecule is O=C(Cc1cccs1)N1Cc2[nH]c3ccccc3c2CC1CO. The topological polar surface area (TPSA) is 56.3 Å². The number of H-pyrrole nitrogens is 1. The highest BCUT2D eigenvalue weighted by Crippen LogP contribution is 2.30. The number of hydrogen-bond donors (Lipinski definition) is 2. The van der Waals surface area contributed by atoms with E-state index in [1.807, 2.05) is 34.5 Å². The zero-order chi connectivity index (χ0) is 15.8. The first-order valence-electron chi connectivity index (χ1n) is 7.77. The van der Waals surface area contributed by atoms with Crippen LogP contribution in [-0.2, 0) is 24.2 Å². The summed E-state index contributed by atoms with van der Waals surface area (Å²) in [6, 6.07) is 12.0. The first-order chi connectivity index (χ1) is 11.3. The molecule has 1 aliphatic rings. The van der Waals surface area contributed by atoms with Crippen molar-refractivity contribution in [1.29, 1.82) is 0 Å². The Morgan fingerprint density at radius 1 is 1.30 bits per heavy atom. The van der Waals surface area contributed by atoms with E-state index in [1.54, 1.807) is 11.3 Å². The van der Waals surface area contributed by atoms with Gasteiger partial charge in [0, 0.05) is 21.5 Å². The minimum atomic E-state index is -0.144. The second-order valence-electron chi connectivity index (χ2n) is 5.95. The van der Waals surface area contributed by atoms with Crippen LogP contribution in [0.4, 0.5) is 0 Å². The predicted molar refractivity (Wildman–Crippen MR) is 91.4 cm³/mol. The monoisotopic (exact) mass is 326 g/mol. The summed E-state index contributed by atoms with van der Waals surface area (Å²) in [4.78, 5) is 19.0. The average Bonchev–Trinajstić information content (AvgIpc) is 3.20. The Hall–Kier alpha value is -2.11. The van der Waals surface area contributed by atoms with Gasteiger partial charge in [0.2, 0.25) is 5.91 Å². The Balaban J connectivity index is 1.65. The van der Waals surface area contributed by atoms with Gasteiger partial charge in [0.1, 0.15) is 0 Å². The fourth-order valence-electron chi connectivity index (χ4n) is 3.39. The number of aliphatic hydroxyl groups is 1. The van der Waals surface area contributed by atoms with E-state index in [9.17, 15) is 9.90 Å². The third-order valence-electron chi connectivity index (χ3n) is 4.55. The molecule has 2 aromatic heterocycles. The van der Waals surface area contributed by atoms with Crippen LogP contribution in [-0.4, -0.2) is 33.5 Å². The molecule has 4 nitrogen and oxygen atoms in total. The number of hydrogen-bond acceptors (Lipinski definition) is 3. The van der Waals surface area contributed by atoms with E-state index in [0.717, 1.165) is 16.1 Å². The number of para-hydroxylation sites is 1. The molecule has 1 unspecified atom stereocenters. The van der Waals surface area contributed by atoms with Gasteiger partial charge in [-0.3, -0.25) is 4.79 Å². The third kappa shape index (κ3) is 2.56. The Kier molecular flexibility index (Phi) is 3.67. The van der Waals surface area contributed by atoms with Crippen molar-refractivity contribution in [2.75, 3.05) is 6.61 Å². The molecule has 0 saturated heterocycles.